The van der Waals surface area contributed by atoms with E-state index < -0.39 is 17.2 Å². The molecule has 0 spiro atoms. The molecule has 0 radical (unpaired) electrons. The van der Waals surface area contributed by atoms with Gasteiger partial charge in [-0.05, 0) is 70.6 Å². The normalized spacial score (nSPS) is 23.3. The molecule has 2 aliphatic rings. The van der Waals surface area contributed by atoms with E-state index in [1.165, 1.54) is 0 Å². The first kappa shape index (κ1) is 17.9. The predicted molar refractivity (Wildman–Crippen MR) is 93.2 cm³/mol. The minimum atomic E-state index is -0.546. The van der Waals surface area contributed by atoms with Gasteiger partial charge in [-0.2, -0.15) is 0 Å². The number of benzene rings is 1. The summed E-state index contributed by atoms with van der Waals surface area (Å²) in [6, 6.07) is 2.41. The molecular formula is C20H25F2NO2. The van der Waals surface area contributed by atoms with E-state index >= 15 is 0 Å². The maximum absolute atomic E-state index is 14.3. The third kappa shape index (κ3) is 3.70. The summed E-state index contributed by atoms with van der Waals surface area (Å²) in [4.78, 5) is 14.4. The van der Waals surface area contributed by atoms with Crippen molar-refractivity contribution < 1.29 is 18.3 Å². The van der Waals surface area contributed by atoms with Crippen molar-refractivity contribution in [3.63, 3.8) is 0 Å². The molecule has 3 rings (SSSR count). The van der Waals surface area contributed by atoms with E-state index in [2.05, 4.69) is 0 Å². The van der Waals surface area contributed by atoms with Gasteiger partial charge in [0.15, 0.2) is 0 Å². The number of ether oxygens (including phenoxy) is 1. The summed E-state index contributed by atoms with van der Waals surface area (Å²) >= 11 is 0. The third-order valence-electron chi connectivity index (χ3n) is 4.84. The smallest absolute Gasteiger partial charge is 0.411 e. The minimum absolute atomic E-state index is 0.00152. The Morgan fingerprint density at radius 3 is 2.56 bits per heavy atom. The summed E-state index contributed by atoms with van der Waals surface area (Å²) in [6.45, 7) is 7.18. The van der Waals surface area contributed by atoms with Crippen molar-refractivity contribution in [3.8, 4) is 0 Å². The average Bonchev–Trinajstić information content (AvgIpc) is 2.47. The van der Waals surface area contributed by atoms with Gasteiger partial charge in [0, 0.05) is 17.7 Å². The van der Waals surface area contributed by atoms with Crippen molar-refractivity contribution in [1.82, 2.24) is 4.90 Å². The molecule has 25 heavy (non-hydrogen) atoms. The fraction of sp³-hybridized carbons (Fsp3) is 0.550. The fourth-order valence-electron chi connectivity index (χ4n) is 3.73. The Morgan fingerprint density at radius 2 is 1.92 bits per heavy atom. The van der Waals surface area contributed by atoms with Gasteiger partial charge >= 0.3 is 6.09 Å². The van der Waals surface area contributed by atoms with Crippen LogP contribution in [-0.4, -0.2) is 28.7 Å². The molecule has 2 atom stereocenters. The lowest BCUT2D eigenvalue weighted by molar-refractivity contribution is 0.0000776. The zero-order chi connectivity index (χ0) is 18.4. The highest BCUT2D eigenvalue weighted by Gasteiger charge is 2.39. The minimum Gasteiger partial charge on any atom is -0.444 e. The molecule has 0 aliphatic carbocycles. The Balaban J connectivity index is 1.92. The quantitative estimate of drug-likeness (QED) is 0.696. The molecule has 2 bridgehead atoms. The largest absolute Gasteiger partial charge is 0.444 e. The second-order valence-electron chi connectivity index (χ2n) is 8.02. The number of carbonyl (C=O) groups excluding carboxylic acids is 1. The van der Waals surface area contributed by atoms with Gasteiger partial charge in [0.1, 0.15) is 17.2 Å². The fourth-order valence-corrected chi connectivity index (χ4v) is 3.73. The SMILES string of the molecule is Cc1cc(C2=CC3CCCC(C2)N3C(=O)OC(C)(C)C)c(F)cc1F. The second kappa shape index (κ2) is 6.43. The van der Waals surface area contributed by atoms with Crippen LogP contribution in [0.3, 0.4) is 0 Å². The maximum Gasteiger partial charge on any atom is 0.411 e. The number of fused-ring (bicyclic) bond motifs is 2. The Morgan fingerprint density at radius 1 is 1.20 bits per heavy atom. The monoisotopic (exact) mass is 349 g/mol. The first-order valence-corrected chi connectivity index (χ1v) is 8.84. The van der Waals surface area contributed by atoms with Gasteiger partial charge in [0.2, 0.25) is 0 Å². The van der Waals surface area contributed by atoms with Gasteiger partial charge in [-0.1, -0.05) is 6.08 Å². The van der Waals surface area contributed by atoms with Crippen molar-refractivity contribution in [2.24, 2.45) is 0 Å². The molecule has 2 aliphatic heterocycles. The van der Waals surface area contributed by atoms with Crippen molar-refractivity contribution in [2.75, 3.05) is 0 Å². The Hall–Kier alpha value is -1.91. The van der Waals surface area contributed by atoms with Gasteiger partial charge in [-0.25, -0.2) is 13.6 Å². The molecule has 1 aromatic rings. The van der Waals surface area contributed by atoms with Crippen LogP contribution >= 0.6 is 0 Å². The predicted octanol–water partition coefficient (Wildman–Crippen LogP) is 5.22. The molecule has 2 heterocycles. The molecular weight excluding hydrogens is 324 g/mol. The number of hydrogen-bond donors (Lipinski definition) is 0. The Bertz CT molecular complexity index is 721. The average molecular weight is 349 g/mol. The lowest BCUT2D eigenvalue weighted by Gasteiger charge is -2.45. The first-order valence-electron chi connectivity index (χ1n) is 8.84. The van der Waals surface area contributed by atoms with E-state index in [1.807, 2.05) is 26.8 Å². The van der Waals surface area contributed by atoms with Gasteiger partial charge in [-0.15, -0.1) is 0 Å². The third-order valence-corrected chi connectivity index (χ3v) is 4.84. The summed E-state index contributed by atoms with van der Waals surface area (Å²) < 4.78 is 33.4. The van der Waals surface area contributed by atoms with Crippen LogP contribution in [0.5, 0.6) is 0 Å². The van der Waals surface area contributed by atoms with Gasteiger partial charge in [0.05, 0.1) is 6.04 Å². The van der Waals surface area contributed by atoms with E-state index in [1.54, 1.807) is 17.9 Å². The number of piperidine rings is 1. The van der Waals surface area contributed by atoms with Crippen molar-refractivity contribution in [1.29, 1.82) is 0 Å². The zero-order valence-electron chi connectivity index (χ0n) is 15.2. The standard InChI is InChI=1S/C20H25F2NO2/c1-12-8-16(18(22)11-17(12)21)13-9-14-6-5-7-15(10-13)23(14)19(24)25-20(2,3)4/h8-9,11,14-15H,5-7,10H2,1-4H3. The summed E-state index contributed by atoms with van der Waals surface area (Å²) in [5.74, 6) is -1.08. The highest BCUT2D eigenvalue weighted by Crippen LogP contribution is 2.39. The van der Waals surface area contributed by atoms with E-state index in [4.69, 9.17) is 4.74 Å². The summed E-state index contributed by atoms with van der Waals surface area (Å²) in [5.41, 5.74) is 1.18. The Kier molecular flexibility index (Phi) is 4.60. The Labute approximate surface area is 147 Å². The van der Waals surface area contributed by atoms with Gasteiger partial charge in [0.25, 0.3) is 0 Å². The molecule has 2 unspecified atom stereocenters. The topological polar surface area (TPSA) is 29.5 Å². The second-order valence-corrected chi connectivity index (χ2v) is 8.02. The van der Waals surface area contributed by atoms with E-state index in [-0.39, 0.29) is 18.2 Å². The van der Waals surface area contributed by atoms with Crippen LogP contribution in [-0.2, 0) is 4.74 Å². The van der Waals surface area contributed by atoms with Crippen LogP contribution in [0.25, 0.3) is 5.57 Å². The molecule has 3 nitrogen and oxygen atoms in total. The molecule has 136 valence electrons. The maximum atomic E-state index is 14.3. The lowest BCUT2D eigenvalue weighted by Crippen LogP contribution is -2.53. The van der Waals surface area contributed by atoms with Crippen LogP contribution in [0.2, 0.25) is 0 Å². The lowest BCUT2D eigenvalue weighted by atomic mass is 9.82. The number of aryl methyl sites for hydroxylation is 1. The van der Waals surface area contributed by atoms with Crippen LogP contribution < -0.4 is 0 Å². The van der Waals surface area contributed by atoms with Crippen molar-refractivity contribution in [2.45, 2.75) is 71.1 Å². The molecule has 0 aromatic heterocycles. The molecule has 1 saturated heterocycles. The van der Waals surface area contributed by atoms with Gasteiger partial charge in [-0.3, -0.25) is 4.90 Å². The highest BCUT2D eigenvalue weighted by molar-refractivity contribution is 5.75. The van der Waals surface area contributed by atoms with Crippen LogP contribution in [0.4, 0.5) is 13.6 Å². The number of rotatable bonds is 1. The van der Waals surface area contributed by atoms with Crippen LogP contribution in [0, 0.1) is 18.6 Å². The summed E-state index contributed by atoms with van der Waals surface area (Å²) in [7, 11) is 0. The molecule has 1 amide bonds. The zero-order valence-corrected chi connectivity index (χ0v) is 15.2. The molecule has 0 N–H and O–H groups in total. The van der Waals surface area contributed by atoms with Crippen LogP contribution in [0.1, 0.15) is 57.6 Å². The summed E-state index contributed by atoms with van der Waals surface area (Å²) in [5, 5.41) is 0. The van der Waals surface area contributed by atoms with E-state index in [0.29, 0.717) is 17.5 Å². The number of amides is 1. The van der Waals surface area contributed by atoms with Gasteiger partial charge < -0.3 is 4.74 Å². The number of nitrogens with zero attached hydrogens (tertiary/aromatic N) is 1. The number of carbonyl (C=O) groups is 1. The summed E-state index contributed by atoms with van der Waals surface area (Å²) in [6.07, 6.45) is 4.94. The first-order chi connectivity index (χ1) is 11.7. The molecule has 1 aromatic carbocycles. The molecule has 0 saturated carbocycles. The number of hydrogen-bond acceptors (Lipinski definition) is 2. The van der Waals surface area contributed by atoms with Crippen molar-refractivity contribution in [3.05, 3.63) is 41.0 Å². The highest BCUT2D eigenvalue weighted by atomic mass is 19.1. The van der Waals surface area contributed by atoms with E-state index in [0.717, 1.165) is 30.9 Å². The molecule has 5 heteroatoms. The van der Waals surface area contributed by atoms with Crippen LogP contribution in [0.15, 0.2) is 18.2 Å². The van der Waals surface area contributed by atoms with Crippen molar-refractivity contribution >= 4 is 11.7 Å². The van der Waals surface area contributed by atoms with E-state index in [9.17, 15) is 13.6 Å². The number of halogens is 2. The molecule has 1 fully saturated rings.